The summed E-state index contributed by atoms with van der Waals surface area (Å²) in [7, 11) is 3.08. The van der Waals surface area contributed by atoms with Gasteiger partial charge in [0.25, 0.3) is 0 Å². The van der Waals surface area contributed by atoms with Crippen LogP contribution in [0.3, 0.4) is 0 Å². The monoisotopic (exact) mass is 370 g/mol. The fourth-order valence-electron chi connectivity index (χ4n) is 3.22. The number of aliphatic hydroxyl groups excluding tert-OH is 1. The summed E-state index contributed by atoms with van der Waals surface area (Å²) in [6, 6.07) is 9.83. The fourth-order valence-corrected chi connectivity index (χ4v) is 4.32. The molecule has 0 radical (unpaired) electrons. The van der Waals surface area contributed by atoms with Gasteiger partial charge in [0.1, 0.15) is 23.7 Å². The van der Waals surface area contributed by atoms with Crippen LogP contribution in [0.1, 0.15) is 20.8 Å². The zero-order valence-corrected chi connectivity index (χ0v) is 16.0. The highest BCUT2D eigenvalue weighted by Gasteiger charge is 2.61. The highest BCUT2D eigenvalue weighted by Crippen LogP contribution is 2.45. The van der Waals surface area contributed by atoms with Crippen molar-refractivity contribution in [3.63, 3.8) is 0 Å². The molecule has 2 aliphatic rings. The number of benzene rings is 1. The Morgan fingerprint density at radius 3 is 2.12 bits per heavy atom. The van der Waals surface area contributed by atoms with Crippen LogP contribution in [0.4, 0.5) is 0 Å². The highest BCUT2D eigenvalue weighted by atomic mass is 32.2. The third kappa shape index (κ3) is 3.35. The Labute approximate surface area is 152 Å². The molecule has 2 aliphatic heterocycles. The van der Waals surface area contributed by atoms with Crippen molar-refractivity contribution < 1.29 is 28.8 Å². The first-order chi connectivity index (χ1) is 11.8. The van der Waals surface area contributed by atoms with Crippen molar-refractivity contribution in [2.24, 2.45) is 0 Å². The predicted molar refractivity (Wildman–Crippen MR) is 93.2 cm³/mol. The molecule has 5 unspecified atom stereocenters. The number of methoxy groups -OCH3 is 2. The van der Waals surface area contributed by atoms with Crippen molar-refractivity contribution in [2.75, 3.05) is 14.2 Å². The van der Waals surface area contributed by atoms with E-state index < -0.39 is 35.3 Å². The average Bonchev–Trinajstić information content (AvgIpc) is 2.62. The minimum atomic E-state index is -1.15. The Balaban J connectivity index is 1.82. The summed E-state index contributed by atoms with van der Waals surface area (Å²) in [6.07, 6.45) is -2.19. The molecule has 0 amide bonds. The Hall–Kier alpha value is -0.670. The quantitative estimate of drug-likeness (QED) is 0.873. The van der Waals surface area contributed by atoms with Crippen LogP contribution in [0.5, 0.6) is 0 Å². The third-order valence-electron chi connectivity index (χ3n) is 5.07. The summed E-state index contributed by atoms with van der Waals surface area (Å²) in [5.41, 5.74) is -0.463. The lowest BCUT2D eigenvalue weighted by molar-refractivity contribution is -0.468. The summed E-state index contributed by atoms with van der Waals surface area (Å²) in [5.74, 6) is -2.26. The van der Waals surface area contributed by atoms with E-state index in [1.165, 1.54) is 18.9 Å². The van der Waals surface area contributed by atoms with Gasteiger partial charge in [0.15, 0.2) is 0 Å². The molecule has 1 aromatic carbocycles. The van der Waals surface area contributed by atoms with Crippen LogP contribution in [0.15, 0.2) is 35.2 Å². The smallest absolute Gasteiger partial charge is 0.220 e. The summed E-state index contributed by atoms with van der Waals surface area (Å²) >= 11 is 1.47. The second-order valence-electron chi connectivity index (χ2n) is 6.60. The second-order valence-corrected chi connectivity index (χ2v) is 7.77. The molecule has 7 heteroatoms. The van der Waals surface area contributed by atoms with Gasteiger partial charge in [-0.25, -0.2) is 0 Å². The van der Waals surface area contributed by atoms with Gasteiger partial charge >= 0.3 is 0 Å². The molecule has 0 spiro atoms. The van der Waals surface area contributed by atoms with Crippen LogP contribution < -0.4 is 0 Å². The maximum atomic E-state index is 10.9. The Kier molecular flexibility index (Phi) is 5.46. The molecule has 6 nitrogen and oxygen atoms in total. The predicted octanol–water partition coefficient (Wildman–Crippen LogP) is 2.39. The Bertz CT molecular complexity index is 586. The first-order valence-corrected chi connectivity index (χ1v) is 9.22. The highest BCUT2D eigenvalue weighted by molar-refractivity contribution is 7.99. The number of fused-ring (bicyclic) bond motifs is 1. The molecule has 0 aliphatic carbocycles. The summed E-state index contributed by atoms with van der Waals surface area (Å²) in [5, 5.41) is 10.9. The lowest BCUT2D eigenvalue weighted by Gasteiger charge is -2.56. The first kappa shape index (κ1) is 19.1. The van der Waals surface area contributed by atoms with E-state index in [4.69, 9.17) is 23.7 Å². The molecule has 1 aromatic rings. The molecule has 0 saturated carbocycles. The largest absolute Gasteiger partial charge is 0.387 e. The maximum Gasteiger partial charge on any atom is 0.220 e. The molecule has 0 bridgehead atoms. The van der Waals surface area contributed by atoms with E-state index >= 15 is 0 Å². The minimum Gasteiger partial charge on any atom is -0.387 e. The molecule has 3 rings (SSSR count). The zero-order chi connectivity index (χ0) is 18.2. The fraction of sp³-hybridized carbons (Fsp3) is 0.667. The van der Waals surface area contributed by atoms with E-state index in [9.17, 15) is 5.11 Å². The standard InChI is InChI=1S/C18H26O6S/c1-11-14-15(24-18(3,21-5)17(2,20-4)23-14)13(19)16(22-11)25-12-9-7-6-8-10-12/h6-11,13-16,19H,1-5H3/t11?,13?,14-,15?,16-,17?,18?/m0/s1. The lowest BCUT2D eigenvalue weighted by Crippen LogP contribution is -2.71. The van der Waals surface area contributed by atoms with Crippen molar-refractivity contribution in [1.82, 2.24) is 0 Å². The van der Waals surface area contributed by atoms with E-state index in [1.54, 1.807) is 21.0 Å². The molecule has 7 atom stereocenters. The molecule has 2 fully saturated rings. The number of ether oxygens (including phenoxy) is 5. The summed E-state index contributed by atoms with van der Waals surface area (Å²) in [6.45, 7) is 5.42. The maximum absolute atomic E-state index is 10.9. The molecule has 0 aromatic heterocycles. The van der Waals surface area contributed by atoms with Crippen molar-refractivity contribution in [2.45, 2.75) is 67.1 Å². The van der Waals surface area contributed by atoms with Gasteiger partial charge in [-0.1, -0.05) is 30.0 Å². The van der Waals surface area contributed by atoms with Crippen LogP contribution >= 0.6 is 11.8 Å². The van der Waals surface area contributed by atoms with Crippen LogP contribution in [0.2, 0.25) is 0 Å². The van der Waals surface area contributed by atoms with Gasteiger partial charge in [0.05, 0.1) is 6.10 Å². The number of thioether (sulfide) groups is 1. The van der Waals surface area contributed by atoms with E-state index in [2.05, 4.69) is 0 Å². The van der Waals surface area contributed by atoms with Crippen molar-refractivity contribution in [3.05, 3.63) is 30.3 Å². The third-order valence-corrected chi connectivity index (χ3v) is 6.24. The topological polar surface area (TPSA) is 66.4 Å². The van der Waals surface area contributed by atoms with Gasteiger partial charge in [-0.15, -0.1) is 0 Å². The van der Waals surface area contributed by atoms with Crippen LogP contribution in [0.25, 0.3) is 0 Å². The van der Waals surface area contributed by atoms with Gasteiger partial charge in [-0.2, -0.15) is 0 Å². The van der Waals surface area contributed by atoms with E-state index in [-0.39, 0.29) is 6.10 Å². The van der Waals surface area contributed by atoms with E-state index in [1.807, 2.05) is 37.3 Å². The van der Waals surface area contributed by atoms with Gasteiger partial charge in [-0.05, 0) is 32.9 Å². The lowest BCUT2D eigenvalue weighted by atomic mass is 9.95. The summed E-state index contributed by atoms with van der Waals surface area (Å²) < 4.78 is 29.4. The first-order valence-electron chi connectivity index (χ1n) is 8.35. The van der Waals surface area contributed by atoms with Crippen LogP contribution in [0, 0.1) is 0 Å². The van der Waals surface area contributed by atoms with Crippen LogP contribution in [-0.4, -0.2) is 60.8 Å². The van der Waals surface area contributed by atoms with E-state index in [0.717, 1.165) is 4.90 Å². The molecular weight excluding hydrogens is 344 g/mol. The molecule has 140 valence electrons. The second kappa shape index (κ2) is 7.15. The minimum absolute atomic E-state index is 0.273. The summed E-state index contributed by atoms with van der Waals surface area (Å²) in [4.78, 5) is 1.02. The Morgan fingerprint density at radius 1 is 1.00 bits per heavy atom. The van der Waals surface area contributed by atoms with Gasteiger partial charge < -0.3 is 28.8 Å². The van der Waals surface area contributed by atoms with Gasteiger partial charge in [0, 0.05) is 19.1 Å². The van der Waals surface area contributed by atoms with Gasteiger partial charge in [-0.3, -0.25) is 0 Å². The van der Waals surface area contributed by atoms with E-state index in [0.29, 0.717) is 0 Å². The molecule has 2 saturated heterocycles. The number of aliphatic hydroxyl groups is 1. The molecule has 2 heterocycles. The van der Waals surface area contributed by atoms with Crippen LogP contribution in [-0.2, 0) is 23.7 Å². The van der Waals surface area contributed by atoms with Crippen molar-refractivity contribution >= 4 is 11.8 Å². The number of rotatable bonds is 4. The molecule has 25 heavy (non-hydrogen) atoms. The van der Waals surface area contributed by atoms with Crippen molar-refractivity contribution in [3.8, 4) is 0 Å². The number of hydrogen-bond donors (Lipinski definition) is 1. The van der Waals surface area contributed by atoms with Crippen molar-refractivity contribution in [1.29, 1.82) is 0 Å². The zero-order valence-electron chi connectivity index (χ0n) is 15.2. The van der Waals surface area contributed by atoms with Gasteiger partial charge in [0.2, 0.25) is 11.6 Å². The SMILES string of the molecule is COC1(C)OC2C(O)[C@H](Sc3ccccc3)OC(C)[C@@H]2OC1(C)OC. The average molecular weight is 370 g/mol. The molecule has 1 N–H and O–H groups in total. The Morgan fingerprint density at radius 2 is 1.56 bits per heavy atom. The normalized spacial score (nSPS) is 44.3. The molecular formula is C18H26O6S. The number of hydrogen-bond acceptors (Lipinski definition) is 7.